The Kier molecular flexibility index (Phi) is 14.4. The summed E-state index contributed by atoms with van der Waals surface area (Å²) in [6.45, 7) is 1.58. The minimum Gasteiger partial charge on any atom is -0.336 e. The van der Waals surface area contributed by atoms with E-state index in [1.54, 1.807) is 24.5 Å². The van der Waals surface area contributed by atoms with Gasteiger partial charge in [-0.15, -0.1) is 23.5 Å². The number of aromatic nitrogens is 4. The van der Waals surface area contributed by atoms with Crippen molar-refractivity contribution in [1.82, 2.24) is 19.1 Å². The van der Waals surface area contributed by atoms with E-state index < -0.39 is 0 Å². The van der Waals surface area contributed by atoms with Gasteiger partial charge in [0.15, 0.2) is 0 Å². The van der Waals surface area contributed by atoms with Crippen LogP contribution in [0.2, 0.25) is 30.1 Å². The molecule has 2 heterocycles. The molecule has 4 nitrogen and oxygen atoms in total. The average Bonchev–Trinajstić information content (AvgIpc) is 3.78. The second-order valence-electron chi connectivity index (χ2n) is 10.7. The third kappa shape index (κ3) is 11.4. The summed E-state index contributed by atoms with van der Waals surface area (Å²) < 4.78 is 4.12. The van der Waals surface area contributed by atoms with Crippen molar-refractivity contribution in [3.05, 3.63) is 175 Å². The molecule has 12 heteroatoms. The lowest BCUT2D eigenvalue weighted by atomic mass is 10.1. The molecule has 0 aliphatic rings. The Balaban J connectivity index is 0.000000188. The molecule has 0 saturated heterocycles. The van der Waals surface area contributed by atoms with Gasteiger partial charge in [-0.2, -0.15) is 0 Å². The van der Waals surface area contributed by atoms with Crippen LogP contribution in [0.5, 0.6) is 0 Å². The molecule has 48 heavy (non-hydrogen) atoms. The van der Waals surface area contributed by atoms with E-state index in [2.05, 4.69) is 19.1 Å². The molecule has 6 rings (SSSR count). The lowest BCUT2D eigenvalue weighted by molar-refractivity contribution is 0.683. The Morgan fingerprint density at radius 1 is 0.500 bits per heavy atom. The maximum atomic E-state index is 6.43. The zero-order chi connectivity index (χ0) is 33.9. The van der Waals surface area contributed by atoms with E-state index in [9.17, 15) is 0 Å². The van der Waals surface area contributed by atoms with Gasteiger partial charge in [-0.1, -0.05) is 106 Å². The van der Waals surface area contributed by atoms with Crippen molar-refractivity contribution >= 4 is 93.1 Å². The highest BCUT2D eigenvalue weighted by atomic mass is 35.5. The molecule has 0 bridgehead atoms. The molecular formula is C36H30Cl6N4S2. The normalized spacial score (nSPS) is 12.3. The summed E-state index contributed by atoms with van der Waals surface area (Å²) in [6.07, 6.45) is 11.1. The summed E-state index contributed by atoms with van der Waals surface area (Å²) in [5.41, 5.74) is 4.61. The molecule has 2 atom stereocenters. The summed E-state index contributed by atoms with van der Waals surface area (Å²) in [7, 11) is 0. The second-order valence-corrected chi connectivity index (χ2v) is 15.6. The van der Waals surface area contributed by atoms with Crippen LogP contribution >= 0.6 is 93.1 Å². The van der Waals surface area contributed by atoms with Gasteiger partial charge in [-0.3, -0.25) is 0 Å². The van der Waals surface area contributed by atoms with Gasteiger partial charge in [-0.05, 0) is 70.8 Å². The molecule has 2 aromatic heterocycles. The zero-order valence-corrected chi connectivity index (χ0v) is 31.6. The van der Waals surface area contributed by atoms with Crippen molar-refractivity contribution in [1.29, 1.82) is 0 Å². The predicted molar refractivity (Wildman–Crippen MR) is 208 cm³/mol. The first-order valence-electron chi connectivity index (χ1n) is 14.8. The highest BCUT2D eigenvalue weighted by molar-refractivity contribution is 7.99. The molecule has 0 N–H and O–H groups in total. The van der Waals surface area contributed by atoms with Crippen molar-refractivity contribution in [2.45, 2.75) is 35.1 Å². The topological polar surface area (TPSA) is 35.6 Å². The van der Waals surface area contributed by atoms with E-state index in [-0.39, 0.29) is 10.5 Å². The number of hydrogen-bond acceptors (Lipinski definition) is 4. The van der Waals surface area contributed by atoms with Crippen molar-refractivity contribution < 1.29 is 0 Å². The number of imidazole rings is 2. The lowest BCUT2D eigenvalue weighted by Crippen LogP contribution is -2.06. The number of hydrogen-bond donors (Lipinski definition) is 0. The molecule has 0 aliphatic carbocycles. The van der Waals surface area contributed by atoms with Gasteiger partial charge < -0.3 is 9.13 Å². The Bertz CT molecular complexity index is 1710. The first-order chi connectivity index (χ1) is 23.2. The average molecular weight is 796 g/mol. The molecule has 0 radical (unpaired) electrons. The van der Waals surface area contributed by atoms with Crippen LogP contribution < -0.4 is 0 Å². The monoisotopic (exact) mass is 792 g/mol. The molecule has 0 amide bonds. The zero-order valence-electron chi connectivity index (χ0n) is 25.4. The molecule has 248 valence electrons. The summed E-state index contributed by atoms with van der Waals surface area (Å²) in [6, 6.07) is 27.2. The smallest absolute Gasteiger partial charge is 0.0946 e. The van der Waals surface area contributed by atoms with Crippen molar-refractivity contribution in [2.75, 3.05) is 0 Å². The van der Waals surface area contributed by atoms with Crippen LogP contribution in [-0.2, 0) is 24.6 Å². The maximum Gasteiger partial charge on any atom is 0.0946 e. The molecule has 0 aliphatic heterocycles. The number of nitrogens with zero attached hydrogens (tertiary/aromatic N) is 4. The summed E-state index contributed by atoms with van der Waals surface area (Å²) in [5, 5.41) is 4.56. The highest BCUT2D eigenvalue weighted by Gasteiger charge is 2.18. The van der Waals surface area contributed by atoms with Gasteiger partial charge in [0, 0.05) is 90.0 Å². The van der Waals surface area contributed by atoms with E-state index in [0.29, 0.717) is 20.1 Å². The highest BCUT2D eigenvalue weighted by Crippen LogP contribution is 2.39. The van der Waals surface area contributed by atoms with Gasteiger partial charge in [0.05, 0.1) is 12.7 Å². The fourth-order valence-corrected chi connectivity index (χ4v) is 8.69. The third-order valence-electron chi connectivity index (χ3n) is 7.22. The Labute approximate surface area is 319 Å². The van der Waals surface area contributed by atoms with Crippen molar-refractivity contribution in [3.63, 3.8) is 0 Å². The SMILES string of the molecule is Clc1ccc(CSC(Cn2ccnc2)c2ccc(Cl)cc2Cl)cc1.Clc1ccc(CS[C@@H](Cn2ccnc2)c2ccc(Cl)cc2Cl)cc1. The van der Waals surface area contributed by atoms with Gasteiger partial charge in [0.25, 0.3) is 0 Å². The third-order valence-corrected chi connectivity index (χ3v) is 11.5. The van der Waals surface area contributed by atoms with Gasteiger partial charge in [0.1, 0.15) is 0 Å². The Morgan fingerprint density at radius 2 is 0.875 bits per heavy atom. The van der Waals surface area contributed by atoms with Crippen LogP contribution in [0.4, 0.5) is 0 Å². The van der Waals surface area contributed by atoms with E-state index >= 15 is 0 Å². The predicted octanol–water partition coefficient (Wildman–Crippen LogP) is 13.0. The van der Waals surface area contributed by atoms with Crippen LogP contribution in [0.15, 0.2) is 122 Å². The molecule has 0 saturated carbocycles. The molecule has 6 aromatic rings. The van der Waals surface area contributed by atoms with Crippen LogP contribution in [0.3, 0.4) is 0 Å². The molecule has 0 spiro atoms. The minimum absolute atomic E-state index is 0.194. The van der Waals surface area contributed by atoms with Gasteiger partial charge in [0.2, 0.25) is 0 Å². The fourth-order valence-electron chi connectivity index (χ4n) is 4.73. The molecular weight excluding hydrogens is 765 g/mol. The first kappa shape index (κ1) is 37.0. The van der Waals surface area contributed by atoms with Crippen LogP contribution in [0.1, 0.15) is 32.8 Å². The standard InChI is InChI=1S/2C18H15Cl3N2S/c2*19-14-3-1-13(2-4-14)11-24-18(10-23-8-7-22-12-23)16-6-5-15(20)9-17(16)21/h2*1-9,12,18H,10-11H2/t18-;/m0./s1. The Morgan fingerprint density at radius 3 is 1.21 bits per heavy atom. The molecule has 1 unspecified atom stereocenters. The van der Waals surface area contributed by atoms with Crippen LogP contribution in [0, 0.1) is 0 Å². The number of rotatable bonds is 12. The fraction of sp³-hybridized carbons (Fsp3) is 0.167. The van der Waals surface area contributed by atoms with E-state index in [1.165, 1.54) is 11.1 Å². The number of benzene rings is 4. The summed E-state index contributed by atoms with van der Waals surface area (Å²) in [5.74, 6) is 1.74. The summed E-state index contributed by atoms with van der Waals surface area (Å²) in [4.78, 5) is 8.24. The van der Waals surface area contributed by atoms with Crippen molar-refractivity contribution in [2.24, 2.45) is 0 Å². The Hall–Kier alpha value is -2.26. The number of thioether (sulfide) groups is 2. The van der Waals surface area contributed by atoms with E-state index in [1.807, 2.05) is 121 Å². The van der Waals surface area contributed by atoms with E-state index in [4.69, 9.17) is 69.6 Å². The van der Waals surface area contributed by atoms with Gasteiger partial charge in [-0.25, -0.2) is 9.97 Å². The quantitative estimate of drug-likeness (QED) is 0.124. The van der Waals surface area contributed by atoms with Crippen LogP contribution in [-0.4, -0.2) is 19.1 Å². The lowest BCUT2D eigenvalue weighted by Gasteiger charge is -2.19. The molecule has 0 fully saturated rings. The second kappa shape index (κ2) is 18.7. The van der Waals surface area contributed by atoms with Gasteiger partial charge >= 0.3 is 0 Å². The number of halogens is 6. The maximum absolute atomic E-state index is 6.43. The minimum atomic E-state index is 0.194. The van der Waals surface area contributed by atoms with Crippen LogP contribution in [0.25, 0.3) is 0 Å². The first-order valence-corrected chi connectivity index (χ1v) is 19.1. The summed E-state index contributed by atoms with van der Waals surface area (Å²) >= 11 is 40.5. The van der Waals surface area contributed by atoms with Crippen molar-refractivity contribution in [3.8, 4) is 0 Å². The largest absolute Gasteiger partial charge is 0.336 e. The molecule has 4 aromatic carbocycles. The van der Waals surface area contributed by atoms with E-state index in [0.717, 1.165) is 45.8 Å².